The average Bonchev–Trinajstić information content (AvgIpc) is 2.68. The minimum absolute atomic E-state index is 0.0532. The van der Waals surface area contributed by atoms with Gasteiger partial charge >= 0.3 is 10.2 Å². The van der Waals surface area contributed by atoms with Crippen molar-refractivity contribution in [3.8, 4) is 0 Å². The van der Waals surface area contributed by atoms with Gasteiger partial charge in [-0.25, -0.2) is 0 Å². The van der Waals surface area contributed by atoms with E-state index in [9.17, 15) is 17.1 Å². The van der Waals surface area contributed by atoms with Crippen molar-refractivity contribution in [2.24, 2.45) is 5.92 Å². The summed E-state index contributed by atoms with van der Waals surface area (Å²) in [5.74, 6) is -1.29. The Morgan fingerprint density at radius 3 is 2.85 bits per heavy atom. The topological polar surface area (TPSA) is 63.7 Å². The molecule has 1 heterocycles. The zero-order valence-corrected chi connectivity index (χ0v) is 11.9. The quantitative estimate of drug-likeness (QED) is 0.773. The second-order valence-corrected chi connectivity index (χ2v) is 6.29. The molecule has 0 saturated carbocycles. The molecular formula is C13H16FNO4S. The van der Waals surface area contributed by atoms with E-state index in [1.807, 2.05) is 12.1 Å². The molecule has 5 nitrogen and oxygen atoms in total. The van der Waals surface area contributed by atoms with Crippen molar-refractivity contribution in [2.45, 2.75) is 13.0 Å². The minimum atomic E-state index is -4.55. The zero-order valence-electron chi connectivity index (χ0n) is 11.1. The van der Waals surface area contributed by atoms with Crippen LogP contribution in [0.5, 0.6) is 0 Å². The van der Waals surface area contributed by atoms with Crippen molar-refractivity contribution in [1.82, 2.24) is 0 Å². The van der Waals surface area contributed by atoms with Crippen LogP contribution in [0.4, 0.5) is 9.57 Å². The Hall–Kier alpha value is -1.47. The first kappa shape index (κ1) is 14.9. The van der Waals surface area contributed by atoms with Gasteiger partial charge in [0.1, 0.15) is 0 Å². The molecule has 1 aliphatic rings. The predicted molar refractivity (Wildman–Crippen MR) is 72.5 cm³/mol. The van der Waals surface area contributed by atoms with Crippen LogP contribution in [-0.4, -0.2) is 33.7 Å². The summed E-state index contributed by atoms with van der Waals surface area (Å²) in [7, 11) is -2.97. The van der Waals surface area contributed by atoms with Crippen molar-refractivity contribution in [3.05, 3.63) is 29.8 Å². The van der Waals surface area contributed by atoms with Crippen LogP contribution in [0.1, 0.15) is 12.0 Å². The Morgan fingerprint density at radius 2 is 2.20 bits per heavy atom. The number of carbonyl (C=O) groups excluding carboxylic acids is 1. The summed E-state index contributed by atoms with van der Waals surface area (Å²) in [5.41, 5.74) is 1.60. The molecule has 0 spiro atoms. The molecule has 20 heavy (non-hydrogen) atoms. The van der Waals surface area contributed by atoms with Crippen molar-refractivity contribution in [1.29, 1.82) is 0 Å². The van der Waals surface area contributed by atoms with Gasteiger partial charge in [0.15, 0.2) is 0 Å². The van der Waals surface area contributed by atoms with Gasteiger partial charge in [-0.15, -0.1) is 3.89 Å². The summed E-state index contributed by atoms with van der Waals surface area (Å²) in [4.78, 5) is 13.4. The zero-order chi connectivity index (χ0) is 14.8. The number of halogens is 1. The molecule has 0 N–H and O–H groups in total. The first-order chi connectivity index (χ1) is 9.39. The minimum Gasteiger partial charge on any atom is -0.380 e. The molecule has 1 unspecified atom stereocenters. The largest absolute Gasteiger partial charge is 0.380 e. The normalized spacial score (nSPS) is 19.6. The van der Waals surface area contributed by atoms with E-state index < -0.39 is 21.9 Å². The Bertz CT molecular complexity index is 602. The summed E-state index contributed by atoms with van der Waals surface area (Å²) in [5, 5.41) is 0. The van der Waals surface area contributed by atoms with E-state index in [1.165, 1.54) is 4.90 Å². The smallest absolute Gasteiger partial charge is 0.302 e. The van der Waals surface area contributed by atoms with Crippen LogP contribution in [0, 0.1) is 5.92 Å². The highest BCUT2D eigenvalue weighted by Gasteiger charge is 2.33. The Morgan fingerprint density at radius 1 is 1.45 bits per heavy atom. The highest BCUT2D eigenvalue weighted by molar-refractivity contribution is 7.86. The fourth-order valence-corrected chi connectivity index (χ4v) is 3.19. The number of nitrogens with zero attached hydrogens (tertiary/aromatic N) is 1. The first-order valence-corrected chi connectivity index (χ1v) is 7.75. The van der Waals surface area contributed by atoms with Gasteiger partial charge in [0.05, 0.1) is 12.4 Å². The van der Waals surface area contributed by atoms with Crippen LogP contribution in [-0.2, 0) is 26.4 Å². The third-order valence-electron chi connectivity index (χ3n) is 3.17. The second kappa shape index (κ2) is 5.88. The van der Waals surface area contributed by atoms with Gasteiger partial charge in [-0.1, -0.05) is 12.1 Å². The molecule has 1 fully saturated rings. The molecule has 1 aliphatic heterocycles. The highest BCUT2D eigenvalue weighted by atomic mass is 32.3. The SMILES string of the molecule is COCc1cccc(N2CC(CS(=O)(=O)F)CC2=O)c1. The van der Waals surface area contributed by atoms with E-state index in [0.717, 1.165) is 5.56 Å². The van der Waals surface area contributed by atoms with Crippen LogP contribution in [0.15, 0.2) is 24.3 Å². The third-order valence-corrected chi connectivity index (χ3v) is 4.04. The molecule has 1 atom stereocenters. The third kappa shape index (κ3) is 3.77. The van der Waals surface area contributed by atoms with E-state index in [2.05, 4.69) is 0 Å². The lowest BCUT2D eigenvalue weighted by atomic mass is 10.1. The number of amides is 1. The average molecular weight is 301 g/mol. The van der Waals surface area contributed by atoms with Crippen molar-refractivity contribution in [2.75, 3.05) is 24.3 Å². The maximum Gasteiger partial charge on any atom is 0.302 e. The van der Waals surface area contributed by atoms with Gasteiger partial charge in [0.2, 0.25) is 5.91 Å². The number of benzene rings is 1. The van der Waals surface area contributed by atoms with Crippen LogP contribution in [0.25, 0.3) is 0 Å². The van der Waals surface area contributed by atoms with E-state index in [4.69, 9.17) is 4.74 Å². The molecule has 1 saturated heterocycles. The van der Waals surface area contributed by atoms with Crippen LogP contribution in [0.2, 0.25) is 0 Å². The van der Waals surface area contributed by atoms with Crippen LogP contribution in [0.3, 0.4) is 0 Å². The van der Waals surface area contributed by atoms with Gasteiger partial charge in [-0.2, -0.15) is 8.42 Å². The first-order valence-electron chi connectivity index (χ1n) is 6.19. The van der Waals surface area contributed by atoms with E-state index in [0.29, 0.717) is 12.3 Å². The summed E-state index contributed by atoms with van der Waals surface area (Å²) < 4.78 is 39.0. The number of carbonyl (C=O) groups is 1. The number of rotatable bonds is 5. The molecule has 1 aromatic carbocycles. The fourth-order valence-electron chi connectivity index (χ4n) is 2.41. The number of hydrogen-bond acceptors (Lipinski definition) is 4. The fraction of sp³-hybridized carbons (Fsp3) is 0.462. The van der Waals surface area contributed by atoms with Gasteiger partial charge in [0, 0.05) is 31.7 Å². The summed E-state index contributed by atoms with van der Waals surface area (Å²) >= 11 is 0. The monoisotopic (exact) mass is 301 g/mol. The number of hydrogen-bond donors (Lipinski definition) is 0. The lowest BCUT2D eigenvalue weighted by Crippen LogP contribution is -2.25. The van der Waals surface area contributed by atoms with Gasteiger partial charge < -0.3 is 9.64 Å². The van der Waals surface area contributed by atoms with Gasteiger partial charge in [0.25, 0.3) is 0 Å². The Labute approximate surface area is 117 Å². The summed E-state index contributed by atoms with van der Waals surface area (Å²) in [6, 6.07) is 7.25. The van der Waals surface area contributed by atoms with Crippen molar-refractivity contribution < 1.29 is 21.8 Å². The predicted octanol–water partition coefficient (Wildman–Crippen LogP) is 1.49. The molecule has 1 aromatic rings. The Kier molecular flexibility index (Phi) is 4.39. The standard InChI is InChI=1S/C13H16FNO4S/c1-19-8-10-3-2-4-12(5-10)15-7-11(6-13(15)16)9-20(14,17)18/h2-5,11H,6-9H2,1H3. The van der Waals surface area contributed by atoms with Gasteiger partial charge in [-0.3, -0.25) is 4.79 Å². The van der Waals surface area contributed by atoms with Crippen molar-refractivity contribution in [3.63, 3.8) is 0 Å². The second-order valence-electron chi connectivity index (χ2n) is 4.88. The molecule has 7 heteroatoms. The maximum atomic E-state index is 12.7. The van der Waals surface area contributed by atoms with E-state index >= 15 is 0 Å². The summed E-state index contributed by atoms with van der Waals surface area (Å²) in [6.45, 7) is 0.649. The Balaban J connectivity index is 2.13. The number of methoxy groups -OCH3 is 1. The summed E-state index contributed by atoms with van der Waals surface area (Å²) in [6.07, 6.45) is 0.0532. The lowest BCUT2D eigenvalue weighted by Gasteiger charge is -2.17. The van der Waals surface area contributed by atoms with E-state index in [1.54, 1.807) is 19.2 Å². The molecule has 0 aromatic heterocycles. The molecule has 0 radical (unpaired) electrons. The van der Waals surface area contributed by atoms with Crippen molar-refractivity contribution >= 4 is 21.8 Å². The van der Waals surface area contributed by atoms with Crippen LogP contribution >= 0.6 is 0 Å². The molecular weight excluding hydrogens is 285 g/mol. The highest BCUT2D eigenvalue weighted by Crippen LogP contribution is 2.27. The van der Waals surface area contributed by atoms with E-state index in [-0.39, 0.29) is 18.9 Å². The number of ether oxygens (including phenoxy) is 1. The molecule has 1 amide bonds. The molecule has 110 valence electrons. The molecule has 2 rings (SSSR count). The van der Waals surface area contributed by atoms with Crippen LogP contribution < -0.4 is 4.90 Å². The molecule has 0 bridgehead atoms. The van der Waals surface area contributed by atoms with Gasteiger partial charge in [-0.05, 0) is 17.7 Å². The lowest BCUT2D eigenvalue weighted by molar-refractivity contribution is -0.117. The molecule has 0 aliphatic carbocycles. The maximum absolute atomic E-state index is 12.7. The number of anilines is 1.